The Labute approximate surface area is 133 Å². The fraction of sp³-hybridized carbons (Fsp3) is 0.167. The molecule has 1 amide bonds. The lowest BCUT2D eigenvalue weighted by atomic mass is 10.1. The number of carbonyl (C=O) groups is 1. The number of benzene rings is 1. The molecule has 0 fully saturated rings. The molecule has 0 aliphatic carbocycles. The van der Waals surface area contributed by atoms with Crippen LogP contribution >= 0.6 is 0 Å². The van der Waals surface area contributed by atoms with Gasteiger partial charge in [-0.25, -0.2) is 0 Å². The molecule has 116 valence electrons. The van der Waals surface area contributed by atoms with Crippen LogP contribution in [0, 0.1) is 13.8 Å². The molecule has 2 aromatic heterocycles. The molecule has 0 saturated heterocycles. The third kappa shape index (κ3) is 2.99. The molecule has 1 aromatic carbocycles. The van der Waals surface area contributed by atoms with Crippen LogP contribution in [0.3, 0.4) is 0 Å². The van der Waals surface area contributed by atoms with Crippen molar-refractivity contribution in [2.45, 2.75) is 13.8 Å². The smallest absolute Gasteiger partial charge is 0.257 e. The minimum atomic E-state index is -0.240. The zero-order valence-corrected chi connectivity index (χ0v) is 13.3. The van der Waals surface area contributed by atoms with E-state index in [2.05, 4.69) is 10.3 Å². The zero-order chi connectivity index (χ0) is 16.6. The van der Waals surface area contributed by atoms with Gasteiger partial charge in [0, 0.05) is 24.7 Å². The largest absolute Gasteiger partial charge is 0.321 e. The highest BCUT2D eigenvalue weighted by molar-refractivity contribution is 6.06. The predicted octanol–water partition coefficient (Wildman–Crippen LogP) is 2.80. The normalized spacial score (nSPS) is 10.7. The second-order valence-corrected chi connectivity index (χ2v) is 5.64. The molecule has 5 nitrogen and oxygen atoms in total. The predicted molar refractivity (Wildman–Crippen MR) is 90.9 cm³/mol. The summed E-state index contributed by atoms with van der Waals surface area (Å²) in [5.74, 6) is -0.240. The average molecular weight is 307 g/mol. The summed E-state index contributed by atoms with van der Waals surface area (Å²) in [6.45, 7) is 3.83. The van der Waals surface area contributed by atoms with Gasteiger partial charge in [0.1, 0.15) is 0 Å². The van der Waals surface area contributed by atoms with Crippen molar-refractivity contribution >= 4 is 22.5 Å². The molecule has 0 bridgehead atoms. The Morgan fingerprint density at radius 3 is 2.65 bits per heavy atom. The van der Waals surface area contributed by atoms with E-state index >= 15 is 0 Å². The second kappa shape index (κ2) is 5.68. The molecule has 0 radical (unpaired) electrons. The molecule has 0 aliphatic heterocycles. The molecule has 0 atom stereocenters. The summed E-state index contributed by atoms with van der Waals surface area (Å²) in [5.41, 5.74) is 3.65. The van der Waals surface area contributed by atoms with E-state index in [0.29, 0.717) is 16.9 Å². The Balaban J connectivity index is 1.96. The fourth-order valence-corrected chi connectivity index (χ4v) is 2.47. The minimum absolute atomic E-state index is 0.123. The Kier molecular flexibility index (Phi) is 3.70. The van der Waals surface area contributed by atoms with Crippen LogP contribution in [-0.2, 0) is 7.05 Å². The number of hydrogen-bond donors (Lipinski definition) is 1. The number of aryl methyl sites for hydroxylation is 3. The van der Waals surface area contributed by atoms with Crippen molar-refractivity contribution in [3.63, 3.8) is 0 Å². The number of rotatable bonds is 2. The zero-order valence-electron chi connectivity index (χ0n) is 13.3. The number of carbonyl (C=O) groups excluding carboxylic acids is 1. The van der Waals surface area contributed by atoms with Crippen molar-refractivity contribution in [1.82, 2.24) is 9.55 Å². The van der Waals surface area contributed by atoms with Gasteiger partial charge in [0.15, 0.2) is 0 Å². The third-order valence-electron chi connectivity index (χ3n) is 3.75. The third-order valence-corrected chi connectivity index (χ3v) is 3.75. The van der Waals surface area contributed by atoms with Crippen molar-refractivity contribution in [3.8, 4) is 0 Å². The lowest BCUT2D eigenvalue weighted by molar-refractivity contribution is 0.102. The number of fused-ring (bicyclic) bond motifs is 1. The lowest BCUT2D eigenvalue weighted by Gasteiger charge is -2.10. The Morgan fingerprint density at radius 2 is 1.91 bits per heavy atom. The van der Waals surface area contributed by atoms with Crippen molar-refractivity contribution in [2.75, 3.05) is 5.32 Å². The van der Waals surface area contributed by atoms with Gasteiger partial charge in [0.25, 0.3) is 5.91 Å². The van der Waals surface area contributed by atoms with Gasteiger partial charge in [-0.15, -0.1) is 0 Å². The standard InChI is InChI=1S/C18H17N3O2/c1-11-4-5-13-9-15(12(2)19-16(13)8-11)18(23)20-14-6-7-17(22)21(3)10-14/h4-10H,1-3H3,(H,20,23). The number of pyridine rings is 2. The van der Waals surface area contributed by atoms with Crippen molar-refractivity contribution in [1.29, 1.82) is 0 Å². The van der Waals surface area contributed by atoms with Gasteiger partial charge in [-0.05, 0) is 37.6 Å². The maximum Gasteiger partial charge on any atom is 0.257 e. The molecule has 0 spiro atoms. The Hall–Kier alpha value is -2.95. The molecule has 0 aliphatic rings. The summed E-state index contributed by atoms with van der Waals surface area (Å²) >= 11 is 0. The van der Waals surface area contributed by atoms with E-state index in [0.717, 1.165) is 16.5 Å². The van der Waals surface area contributed by atoms with Gasteiger partial charge in [0.2, 0.25) is 5.56 Å². The first kappa shape index (κ1) is 15.0. The van der Waals surface area contributed by atoms with Gasteiger partial charge in [0.05, 0.1) is 22.5 Å². The number of hydrogen-bond acceptors (Lipinski definition) is 3. The first-order valence-electron chi connectivity index (χ1n) is 7.30. The van der Waals surface area contributed by atoms with Crippen molar-refractivity contribution in [2.24, 2.45) is 7.05 Å². The molecule has 5 heteroatoms. The van der Waals surface area contributed by atoms with Gasteiger partial charge in [-0.3, -0.25) is 14.6 Å². The summed E-state index contributed by atoms with van der Waals surface area (Å²) in [4.78, 5) is 28.4. The van der Waals surface area contributed by atoms with Gasteiger partial charge < -0.3 is 9.88 Å². The van der Waals surface area contributed by atoms with E-state index in [1.807, 2.05) is 38.1 Å². The molecular formula is C18H17N3O2. The van der Waals surface area contributed by atoms with Crippen LogP contribution < -0.4 is 10.9 Å². The highest BCUT2D eigenvalue weighted by atomic mass is 16.1. The monoisotopic (exact) mass is 307 g/mol. The van der Waals surface area contributed by atoms with Crippen molar-refractivity contribution < 1.29 is 4.79 Å². The van der Waals surface area contributed by atoms with E-state index in [1.54, 1.807) is 19.3 Å². The number of anilines is 1. The molecule has 3 rings (SSSR count). The molecule has 2 heterocycles. The Bertz CT molecular complexity index is 974. The fourth-order valence-electron chi connectivity index (χ4n) is 2.47. The van der Waals surface area contributed by atoms with Crippen LogP contribution in [0.25, 0.3) is 10.9 Å². The SMILES string of the molecule is Cc1ccc2cc(C(=O)Nc3ccc(=O)n(C)c3)c(C)nc2c1. The molecule has 23 heavy (non-hydrogen) atoms. The topological polar surface area (TPSA) is 64.0 Å². The van der Waals surface area contributed by atoms with Crippen LogP contribution in [0.2, 0.25) is 0 Å². The molecular weight excluding hydrogens is 290 g/mol. The highest BCUT2D eigenvalue weighted by Gasteiger charge is 2.12. The maximum atomic E-state index is 12.5. The first-order chi connectivity index (χ1) is 10.9. The van der Waals surface area contributed by atoms with Crippen LogP contribution in [0.4, 0.5) is 5.69 Å². The minimum Gasteiger partial charge on any atom is -0.321 e. The molecule has 1 N–H and O–H groups in total. The molecule has 0 unspecified atom stereocenters. The summed E-state index contributed by atoms with van der Waals surface area (Å²) in [7, 11) is 1.64. The van der Waals surface area contributed by atoms with Crippen molar-refractivity contribution in [3.05, 3.63) is 69.8 Å². The van der Waals surface area contributed by atoms with E-state index in [-0.39, 0.29) is 11.5 Å². The molecule has 0 saturated carbocycles. The Morgan fingerprint density at radius 1 is 1.13 bits per heavy atom. The van der Waals surface area contributed by atoms with E-state index < -0.39 is 0 Å². The summed E-state index contributed by atoms with van der Waals surface area (Å²) in [6.07, 6.45) is 1.59. The second-order valence-electron chi connectivity index (χ2n) is 5.64. The number of amides is 1. The maximum absolute atomic E-state index is 12.5. The summed E-state index contributed by atoms with van der Waals surface area (Å²) in [5, 5.41) is 3.73. The number of aromatic nitrogens is 2. The van der Waals surface area contributed by atoms with E-state index in [9.17, 15) is 9.59 Å². The lowest BCUT2D eigenvalue weighted by Crippen LogP contribution is -2.18. The number of nitrogens with one attached hydrogen (secondary N) is 1. The quantitative estimate of drug-likeness (QED) is 0.792. The van der Waals surface area contributed by atoms with E-state index in [1.165, 1.54) is 10.6 Å². The summed E-state index contributed by atoms with van der Waals surface area (Å²) in [6, 6.07) is 10.8. The first-order valence-corrected chi connectivity index (χ1v) is 7.30. The van der Waals surface area contributed by atoms with Gasteiger partial charge in [-0.2, -0.15) is 0 Å². The van der Waals surface area contributed by atoms with Crippen LogP contribution in [0.15, 0.2) is 47.4 Å². The average Bonchev–Trinajstić information content (AvgIpc) is 2.50. The van der Waals surface area contributed by atoms with Gasteiger partial charge in [-0.1, -0.05) is 12.1 Å². The van der Waals surface area contributed by atoms with Crippen LogP contribution in [0.5, 0.6) is 0 Å². The van der Waals surface area contributed by atoms with Crippen LogP contribution in [-0.4, -0.2) is 15.5 Å². The molecule has 3 aromatic rings. The van der Waals surface area contributed by atoms with Gasteiger partial charge >= 0.3 is 0 Å². The summed E-state index contributed by atoms with van der Waals surface area (Å²) < 4.78 is 1.42. The highest BCUT2D eigenvalue weighted by Crippen LogP contribution is 2.19. The van der Waals surface area contributed by atoms with E-state index in [4.69, 9.17) is 0 Å². The number of nitrogens with zero attached hydrogens (tertiary/aromatic N) is 2. The van der Waals surface area contributed by atoms with Crippen LogP contribution in [0.1, 0.15) is 21.6 Å².